The lowest BCUT2D eigenvalue weighted by atomic mass is 10.0. The number of carbonyl (C=O) groups is 1. The van der Waals surface area contributed by atoms with Crippen LogP contribution in [-0.2, 0) is 11.3 Å². The molecule has 2 rings (SSSR count). The number of nitrogens with one attached hydrogen (secondary N) is 3. The summed E-state index contributed by atoms with van der Waals surface area (Å²) in [4.78, 5) is 20.5. The molecule has 0 aliphatic heterocycles. The molecule has 1 unspecified atom stereocenters. The molecule has 0 fully saturated rings. The molecule has 1 heterocycles. The summed E-state index contributed by atoms with van der Waals surface area (Å²) in [5, 5.41) is 9.34. The van der Waals surface area contributed by atoms with Crippen molar-refractivity contribution in [2.75, 3.05) is 20.2 Å². The Kier molecular flexibility index (Phi) is 9.01. The second-order valence-corrected chi connectivity index (χ2v) is 7.01. The van der Waals surface area contributed by atoms with Gasteiger partial charge in [0.25, 0.3) is 0 Å². The summed E-state index contributed by atoms with van der Waals surface area (Å²) in [5.74, 6) is 1.64. The highest BCUT2D eigenvalue weighted by molar-refractivity contribution is 5.79. The maximum Gasteiger partial charge on any atom is 0.407 e. The molecule has 158 valence electrons. The van der Waals surface area contributed by atoms with Gasteiger partial charge in [-0.3, -0.25) is 4.99 Å². The summed E-state index contributed by atoms with van der Waals surface area (Å²) in [6.07, 6.45) is 2.05. The van der Waals surface area contributed by atoms with Crippen molar-refractivity contribution < 1.29 is 13.9 Å². The number of alkyl carbamates (subject to hydrolysis) is 1. The average Bonchev–Trinajstić information content (AvgIpc) is 3.17. The zero-order chi connectivity index (χ0) is 21.1. The summed E-state index contributed by atoms with van der Waals surface area (Å²) in [7, 11) is 1.70. The Labute approximate surface area is 172 Å². The van der Waals surface area contributed by atoms with E-state index >= 15 is 0 Å². The van der Waals surface area contributed by atoms with Gasteiger partial charge >= 0.3 is 6.09 Å². The van der Waals surface area contributed by atoms with Gasteiger partial charge in [0.2, 0.25) is 5.89 Å². The number of hydrogen-bond donors (Lipinski definition) is 3. The Balaban J connectivity index is 1.86. The van der Waals surface area contributed by atoms with Crippen molar-refractivity contribution in [3.05, 3.63) is 42.3 Å². The third-order valence-electron chi connectivity index (χ3n) is 4.10. The number of benzene rings is 1. The molecule has 1 aromatic heterocycles. The Hall–Kier alpha value is -3.03. The number of oxazole rings is 1. The molecular weight excluding hydrogens is 370 g/mol. The molecule has 3 N–H and O–H groups in total. The number of rotatable bonds is 9. The van der Waals surface area contributed by atoms with Crippen molar-refractivity contribution in [1.82, 2.24) is 20.9 Å². The smallest absolute Gasteiger partial charge is 0.407 e. The maximum absolute atomic E-state index is 11.8. The lowest BCUT2D eigenvalue weighted by Crippen LogP contribution is -2.47. The number of aromatic nitrogens is 1. The van der Waals surface area contributed by atoms with E-state index in [2.05, 4.69) is 39.8 Å². The molecular formula is C21H31N5O3. The van der Waals surface area contributed by atoms with Crippen molar-refractivity contribution in [3.63, 3.8) is 0 Å². The molecule has 1 aromatic carbocycles. The fourth-order valence-corrected chi connectivity index (χ4v) is 2.82. The van der Waals surface area contributed by atoms with Gasteiger partial charge in [-0.1, -0.05) is 32.0 Å². The Morgan fingerprint density at radius 3 is 2.66 bits per heavy atom. The topological polar surface area (TPSA) is 101 Å². The van der Waals surface area contributed by atoms with Crippen molar-refractivity contribution >= 4 is 12.1 Å². The van der Waals surface area contributed by atoms with E-state index in [0.717, 1.165) is 17.7 Å². The molecule has 8 nitrogen and oxygen atoms in total. The van der Waals surface area contributed by atoms with E-state index in [9.17, 15) is 4.79 Å². The fourth-order valence-electron chi connectivity index (χ4n) is 2.82. The van der Waals surface area contributed by atoms with E-state index in [-0.39, 0.29) is 6.04 Å². The van der Waals surface area contributed by atoms with Crippen LogP contribution in [0, 0.1) is 5.92 Å². The predicted octanol–water partition coefficient (Wildman–Crippen LogP) is 3.17. The van der Waals surface area contributed by atoms with Crippen LogP contribution in [0.1, 0.15) is 32.9 Å². The monoisotopic (exact) mass is 401 g/mol. The van der Waals surface area contributed by atoms with Crippen LogP contribution < -0.4 is 16.0 Å². The van der Waals surface area contributed by atoms with E-state index in [1.807, 2.05) is 30.3 Å². The van der Waals surface area contributed by atoms with Gasteiger partial charge in [0.15, 0.2) is 5.96 Å². The largest absolute Gasteiger partial charge is 0.450 e. The van der Waals surface area contributed by atoms with Crippen molar-refractivity contribution in [1.29, 1.82) is 0 Å². The van der Waals surface area contributed by atoms with Gasteiger partial charge in [0, 0.05) is 25.2 Å². The zero-order valence-corrected chi connectivity index (χ0v) is 17.6. The Bertz CT molecular complexity index is 774. The van der Waals surface area contributed by atoms with Crippen molar-refractivity contribution in [2.24, 2.45) is 10.9 Å². The summed E-state index contributed by atoms with van der Waals surface area (Å²) in [6, 6.07) is 9.68. The van der Waals surface area contributed by atoms with Gasteiger partial charge < -0.3 is 25.1 Å². The highest BCUT2D eigenvalue weighted by atomic mass is 16.5. The van der Waals surface area contributed by atoms with Crippen LogP contribution in [0.4, 0.5) is 4.79 Å². The summed E-state index contributed by atoms with van der Waals surface area (Å²) in [6.45, 7) is 7.36. The van der Waals surface area contributed by atoms with Gasteiger partial charge in [0.05, 0.1) is 18.8 Å². The van der Waals surface area contributed by atoms with Gasteiger partial charge in [0.1, 0.15) is 6.26 Å². The van der Waals surface area contributed by atoms with Crippen LogP contribution in [0.25, 0.3) is 11.5 Å². The normalized spacial score (nSPS) is 12.5. The third kappa shape index (κ3) is 7.85. The fraction of sp³-hybridized carbons (Fsp3) is 0.476. The molecule has 8 heteroatoms. The first-order valence-electron chi connectivity index (χ1n) is 9.89. The van der Waals surface area contributed by atoms with E-state index in [4.69, 9.17) is 9.15 Å². The minimum atomic E-state index is -0.404. The Morgan fingerprint density at radius 1 is 1.24 bits per heavy atom. The molecule has 0 spiro atoms. The lowest BCUT2D eigenvalue weighted by Gasteiger charge is -2.22. The minimum absolute atomic E-state index is 0.0654. The van der Waals surface area contributed by atoms with E-state index in [0.29, 0.717) is 37.5 Å². The molecule has 1 atom stereocenters. The molecule has 0 aliphatic carbocycles. The number of ether oxygens (including phenoxy) is 1. The van der Waals surface area contributed by atoms with Gasteiger partial charge in [-0.05, 0) is 31.4 Å². The second kappa shape index (κ2) is 11.7. The number of guanidine groups is 1. The minimum Gasteiger partial charge on any atom is -0.450 e. The van der Waals surface area contributed by atoms with Crippen LogP contribution in [0.3, 0.4) is 0 Å². The van der Waals surface area contributed by atoms with Crippen molar-refractivity contribution in [3.8, 4) is 11.5 Å². The highest BCUT2D eigenvalue weighted by Crippen LogP contribution is 2.17. The molecule has 0 aliphatic rings. The lowest BCUT2D eigenvalue weighted by molar-refractivity contribution is 0.146. The number of carbonyl (C=O) groups excluding carboxylic acids is 1. The number of nitrogens with zero attached hydrogens (tertiary/aromatic N) is 2. The first kappa shape index (κ1) is 22.3. The van der Waals surface area contributed by atoms with E-state index in [1.165, 1.54) is 0 Å². The molecule has 0 saturated heterocycles. The average molecular weight is 402 g/mol. The molecule has 0 radical (unpaired) electrons. The van der Waals surface area contributed by atoms with E-state index in [1.54, 1.807) is 20.2 Å². The third-order valence-corrected chi connectivity index (χ3v) is 4.10. The summed E-state index contributed by atoms with van der Waals surface area (Å²) >= 11 is 0. The maximum atomic E-state index is 11.8. The zero-order valence-electron chi connectivity index (χ0n) is 17.6. The number of hydrogen-bond acceptors (Lipinski definition) is 5. The van der Waals surface area contributed by atoms with Gasteiger partial charge in [-0.2, -0.15) is 0 Å². The molecule has 0 saturated carbocycles. The van der Waals surface area contributed by atoms with Gasteiger partial charge in [-0.15, -0.1) is 0 Å². The Morgan fingerprint density at radius 2 is 2.00 bits per heavy atom. The van der Waals surface area contributed by atoms with Crippen LogP contribution in [0.2, 0.25) is 0 Å². The van der Waals surface area contributed by atoms with Crippen molar-refractivity contribution in [2.45, 2.75) is 39.8 Å². The standard InChI is InChI=1S/C21H31N5O3/c1-5-28-21(27)26-17(11-15(2)3)12-23-20(22-4)24-13-18-14-29-19(25-18)16-9-7-6-8-10-16/h6-10,14-15,17H,5,11-13H2,1-4H3,(H,26,27)(H2,22,23,24). The first-order valence-corrected chi connectivity index (χ1v) is 9.89. The highest BCUT2D eigenvalue weighted by Gasteiger charge is 2.15. The molecule has 1 amide bonds. The number of amides is 1. The first-order chi connectivity index (χ1) is 14.0. The van der Waals surface area contributed by atoms with E-state index < -0.39 is 6.09 Å². The van der Waals surface area contributed by atoms with Crippen LogP contribution in [-0.4, -0.2) is 43.3 Å². The second-order valence-electron chi connectivity index (χ2n) is 7.01. The molecule has 0 bridgehead atoms. The predicted molar refractivity (Wildman–Crippen MR) is 114 cm³/mol. The van der Waals surface area contributed by atoms with Crippen LogP contribution in [0.5, 0.6) is 0 Å². The summed E-state index contributed by atoms with van der Waals surface area (Å²) < 4.78 is 10.5. The quantitative estimate of drug-likeness (QED) is 0.441. The molecule has 2 aromatic rings. The summed E-state index contributed by atoms with van der Waals surface area (Å²) in [5.41, 5.74) is 1.71. The number of aliphatic imine (C=N–C) groups is 1. The SMILES string of the molecule is CCOC(=O)NC(CNC(=NC)NCc1coc(-c2ccccc2)n1)CC(C)C. The molecule has 29 heavy (non-hydrogen) atoms. The van der Waals surface area contributed by atoms with Crippen LogP contribution in [0.15, 0.2) is 46.0 Å². The van der Waals surface area contributed by atoms with Crippen LogP contribution >= 0.6 is 0 Å². The van der Waals surface area contributed by atoms with Gasteiger partial charge in [-0.25, -0.2) is 9.78 Å².